The highest BCUT2D eigenvalue weighted by Crippen LogP contribution is 2.29. The Bertz CT molecular complexity index is 1190. The maximum absolute atomic E-state index is 12.6. The highest BCUT2D eigenvalue weighted by molar-refractivity contribution is 7.10. The van der Waals surface area contributed by atoms with Gasteiger partial charge in [0.2, 0.25) is 0 Å². The molecular weight excluding hydrogens is 420 g/mol. The van der Waals surface area contributed by atoms with Crippen LogP contribution in [-0.4, -0.2) is 59.3 Å². The third kappa shape index (κ3) is 4.23. The minimum atomic E-state index is -0.502. The summed E-state index contributed by atoms with van der Waals surface area (Å²) in [5, 5.41) is 6.16. The van der Waals surface area contributed by atoms with Crippen molar-refractivity contribution in [2.75, 3.05) is 32.7 Å². The molecule has 4 heterocycles. The fourth-order valence-electron chi connectivity index (χ4n) is 4.65. The summed E-state index contributed by atoms with van der Waals surface area (Å²) >= 11 is 1.82. The molecule has 2 N–H and O–H groups in total. The fraction of sp³-hybridized carbons (Fsp3) is 0.360. The quantitative estimate of drug-likeness (QED) is 0.602. The van der Waals surface area contributed by atoms with Crippen LogP contribution in [0.4, 0.5) is 0 Å². The summed E-state index contributed by atoms with van der Waals surface area (Å²) in [4.78, 5) is 33.8. The van der Waals surface area contributed by atoms with Crippen LogP contribution >= 0.6 is 11.3 Å². The van der Waals surface area contributed by atoms with E-state index in [0.717, 1.165) is 38.0 Å². The number of amides is 2. The predicted octanol–water partition coefficient (Wildman–Crippen LogP) is 3.33. The molecule has 0 saturated carbocycles. The highest BCUT2D eigenvalue weighted by Gasteiger charge is 2.25. The number of aromatic amines is 1. The van der Waals surface area contributed by atoms with Gasteiger partial charge in [-0.1, -0.05) is 18.2 Å². The Morgan fingerprint density at radius 1 is 1.19 bits per heavy atom. The third-order valence-electron chi connectivity index (χ3n) is 6.47. The Kier molecular flexibility index (Phi) is 5.85. The number of fused-ring (bicyclic) bond motifs is 2. The fourth-order valence-corrected chi connectivity index (χ4v) is 5.54. The van der Waals surface area contributed by atoms with Crippen molar-refractivity contribution in [2.45, 2.75) is 26.3 Å². The van der Waals surface area contributed by atoms with Gasteiger partial charge >= 0.3 is 11.8 Å². The lowest BCUT2D eigenvalue weighted by molar-refractivity contribution is -0.145. The van der Waals surface area contributed by atoms with Crippen LogP contribution in [0.1, 0.15) is 28.0 Å². The van der Waals surface area contributed by atoms with Crippen molar-refractivity contribution in [3.63, 3.8) is 0 Å². The van der Waals surface area contributed by atoms with Gasteiger partial charge in [-0.2, -0.15) is 0 Å². The number of carbonyl (C=O) groups is 2. The summed E-state index contributed by atoms with van der Waals surface area (Å²) in [6.07, 6.45) is 5.93. The molecule has 0 spiro atoms. The summed E-state index contributed by atoms with van der Waals surface area (Å²) in [6.45, 7) is 6.30. The standard InChI is InChI=1S/C25H28N4O2S/c1-17-2-3-20-21(15-27-22(20)14-17)18-4-10-29(11-5-18)25(31)24(30)26-8-12-28-9-6-23-19(16-28)7-13-32-23/h2-4,7,13-15,27H,5-6,8-12,16H2,1H3,(H,26,30). The molecule has 0 aliphatic carbocycles. The highest BCUT2D eigenvalue weighted by atomic mass is 32.1. The zero-order chi connectivity index (χ0) is 22.1. The summed E-state index contributed by atoms with van der Waals surface area (Å²) in [6, 6.07) is 8.59. The molecule has 0 saturated heterocycles. The molecule has 3 aromatic rings. The number of thiophene rings is 1. The van der Waals surface area contributed by atoms with Gasteiger partial charge in [-0.05, 0) is 54.0 Å². The van der Waals surface area contributed by atoms with Gasteiger partial charge in [0.1, 0.15) is 0 Å². The molecule has 2 aromatic heterocycles. The first kappa shape index (κ1) is 21.0. The van der Waals surface area contributed by atoms with E-state index in [1.165, 1.54) is 32.5 Å². The van der Waals surface area contributed by atoms with Gasteiger partial charge in [-0.3, -0.25) is 14.5 Å². The summed E-state index contributed by atoms with van der Waals surface area (Å²) in [5.41, 5.74) is 6.16. The lowest BCUT2D eigenvalue weighted by Crippen LogP contribution is -2.46. The van der Waals surface area contributed by atoms with Crippen LogP contribution in [0.25, 0.3) is 16.5 Å². The Balaban J connectivity index is 1.13. The number of aromatic nitrogens is 1. The number of aryl methyl sites for hydroxylation is 1. The molecule has 0 unspecified atom stereocenters. The zero-order valence-electron chi connectivity index (χ0n) is 18.3. The van der Waals surface area contributed by atoms with Crippen LogP contribution in [0.2, 0.25) is 0 Å². The molecule has 2 amide bonds. The SMILES string of the molecule is Cc1ccc2c(C3=CCN(C(=O)C(=O)NCCN4CCc5sccc5C4)CC3)c[nH]c2c1. The number of hydrogen-bond acceptors (Lipinski definition) is 4. The van der Waals surface area contributed by atoms with E-state index >= 15 is 0 Å². The average Bonchev–Trinajstić information content (AvgIpc) is 3.45. The average molecular weight is 449 g/mol. The van der Waals surface area contributed by atoms with Gasteiger partial charge in [-0.15, -0.1) is 11.3 Å². The third-order valence-corrected chi connectivity index (χ3v) is 7.50. The Labute approximate surface area is 191 Å². The number of nitrogens with one attached hydrogen (secondary N) is 2. The van der Waals surface area contributed by atoms with Crippen molar-refractivity contribution in [3.8, 4) is 0 Å². The van der Waals surface area contributed by atoms with Gasteiger partial charge in [0.25, 0.3) is 0 Å². The number of carbonyl (C=O) groups excluding carboxylic acids is 2. The van der Waals surface area contributed by atoms with E-state index in [9.17, 15) is 9.59 Å². The molecule has 32 heavy (non-hydrogen) atoms. The second-order valence-corrected chi connectivity index (χ2v) is 9.63. The van der Waals surface area contributed by atoms with Crippen LogP contribution in [-0.2, 0) is 22.6 Å². The van der Waals surface area contributed by atoms with Gasteiger partial charge in [0, 0.05) is 66.8 Å². The Morgan fingerprint density at radius 2 is 2.09 bits per heavy atom. The maximum Gasteiger partial charge on any atom is 0.312 e. The smallest absolute Gasteiger partial charge is 0.312 e. The van der Waals surface area contributed by atoms with Gasteiger partial charge < -0.3 is 15.2 Å². The van der Waals surface area contributed by atoms with Crippen molar-refractivity contribution >= 4 is 39.6 Å². The number of benzene rings is 1. The van der Waals surface area contributed by atoms with E-state index in [-0.39, 0.29) is 0 Å². The van der Waals surface area contributed by atoms with E-state index < -0.39 is 11.8 Å². The van der Waals surface area contributed by atoms with E-state index in [1.54, 1.807) is 4.90 Å². The summed E-state index contributed by atoms with van der Waals surface area (Å²) in [7, 11) is 0. The van der Waals surface area contributed by atoms with Crippen LogP contribution < -0.4 is 5.32 Å². The molecule has 166 valence electrons. The van der Waals surface area contributed by atoms with Crippen LogP contribution in [0.5, 0.6) is 0 Å². The number of hydrogen-bond donors (Lipinski definition) is 2. The maximum atomic E-state index is 12.6. The van der Waals surface area contributed by atoms with Crippen molar-refractivity contribution in [3.05, 3.63) is 63.5 Å². The summed E-state index contributed by atoms with van der Waals surface area (Å²) in [5.74, 6) is -0.939. The van der Waals surface area contributed by atoms with E-state index in [2.05, 4.69) is 57.8 Å². The van der Waals surface area contributed by atoms with Gasteiger partial charge in [-0.25, -0.2) is 0 Å². The van der Waals surface area contributed by atoms with Crippen LogP contribution in [0.3, 0.4) is 0 Å². The first-order valence-electron chi connectivity index (χ1n) is 11.2. The molecule has 0 fully saturated rings. The number of nitrogens with zero attached hydrogens (tertiary/aromatic N) is 2. The Morgan fingerprint density at radius 3 is 2.94 bits per heavy atom. The lowest BCUT2D eigenvalue weighted by atomic mass is 9.98. The molecule has 0 radical (unpaired) electrons. The van der Waals surface area contributed by atoms with Crippen molar-refractivity contribution in [1.82, 2.24) is 20.1 Å². The number of H-pyrrole nitrogens is 1. The van der Waals surface area contributed by atoms with Crippen molar-refractivity contribution < 1.29 is 9.59 Å². The Hall–Kier alpha value is -2.90. The summed E-state index contributed by atoms with van der Waals surface area (Å²) < 4.78 is 0. The first-order valence-corrected chi connectivity index (χ1v) is 12.1. The second kappa shape index (κ2) is 8.92. The largest absolute Gasteiger partial charge is 0.361 e. The van der Waals surface area contributed by atoms with Crippen molar-refractivity contribution in [1.29, 1.82) is 0 Å². The molecule has 7 heteroatoms. The van der Waals surface area contributed by atoms with Crippen molar-refractivity contribution in [2.24, 2.45) is 0 Å². The molecule has 2 aliphatic rings. The normalized spacial score (nSPS) is 16.7. The lowest BCUT2D eigenvalue weighted by Gasteiger charge is -2.27. The molecule has 1 aromatic carbocycles. The minimum absolute atomic E-state index is 0.436. The monoisotopic (exact) mass is 448 g/mol. The minimum Gasteiger partial charge on any atom is -0.361 e. The first-order chi connectivity index (χ1) is 15.6. The second-order valence-electron chi connectivity index (χ2n) is 8.63. The number of rotatable bonds is 4. The van der Waals surface area contributed by atoms with E-state index in [1.807, 2.05) is 17.5 Å². The molecule has 0 atom stereocenters. The topological polar surface area (TPSA) is 68.4 Å². The molecule has 2 aliphatic heterocycles. The molecule has 5 rings (SSSR count). The predicted molar refractivity (Wildman–Crippen MR) is 129 cm³/mol. The van der Waals surface area contributed by atoms with Gasteiger partial charge in [0.05, 0.1) is 0 Å². The molecule has 6 nitrogen and oxygen atoms in total. The zero-order valence-corrected chi connectivity index (χ0v) is 19.1. The van der Waals surface area contributed by atoms with E-state index in [4.69, 9.17) is 0 Å². The van der Waals surface area contributed by atoms with Gasteiger partial charge in [0.15, 0.2) is 0 Å². The molecular formula is C25H28N4O2S. The molecule has 0 bridgehead atoms. The van der Waals surface area contributed by atoms with Crippen LogP contribution in [0, 0.1) is 6.92 Å². The van der Waals surface area contributed by atoms with Crippen LogP contribution in [0.15, 0.2) is 41.9 Å². The van der Waals surface area contributed by atoms with E-state index in [0.29, 0.717) is 19.6 Å².